The number of halogens is 1. The molecule has 1 amide bonds. The van der Waals surface area contributed by atoms with Crippen LogP contribution in [0.25, 0.3) is 0 Å². The maximum Gasteiger partial charge on any atom is 0.256 e. The molecule has 100 valence electrons. The van der Waals surface area contributed by atoms with Crippen molar-refractivity contribution in [3.05, 3.63) is 23.6 Å². The van der Waals surface area contributed by atoms with E-state index in [1.54, 1.807) is 19.0 Å². The summed E-state index contributed by atoms with van der Waals surface area (Å²) in [6.07, 6.45) is 4.53. The van der Waals surface area contributed by atoms with Gasteiger partial charge in [-0.2, -0.15) is 0 Å². The molecule has 1 N–H and O–H groups in total. The van der Waals surface area contributed by atoms with E-state index in [9.17, 15) is 9.18 Å². The summed E-state index contributed by atoms with van der Waals surface area (Å²) in [7, 11) is 3.27. The summed E-state index contributed by atoms with van der Waals surface area (Å²) in [6, 6.07) is 1.41. The van der Waals surface area contributed by atoms with E-state index in [1.165, 1.54) is 12.3 Å². The Balaban J connectivity index is 2.77. The molecule has 0 saturated carbocycles. The van der Waals surface area contributed by atoms with E-state index in [-0.39, 0.29) is 17.3 Å². The normalized spacial score (nSPS) is 10.2. The highest BCUT2D eigenvalue weighted by atomic mass is 19.1. The van der Waals surface area contributed by atoms with Gasteiger partial charge in [-0.15, -0.1) is 0 Å². The van der Waals surface area contributed by atoms with Gasteiger partial charge in [-0.3, -0.25) is 4.79 Å². The molecule has 0 bridgehead atoms. The standard InChI is InChI=1S/C13H20FN3O/c1-4-5-6-9-17(3)13(18)10-7-8-16-12(15-2)11(10)14/h7-8H,4-6,9H2,1-3H3,(H,15,16). The predicted molar refractivity (Wildman–Crippen MR) is 70.2 cm³/mol. The Morgan fingerprint density at radius 3 is 2.83 bits per heavy atom. The molecule has 0 aliphatic rings. The number of hydrogen-bond acceptors (Lipinski definition) is 3. The second-order valence-electron chi connectivity index (χ2n) is 4.20. The van der Waals surface area contributed by atoms with Crippen LogP contribution in [0.15, 0.2) is 12.3 Å². The maximum atomic E-state index is 13.9. The summed E-state index contributed by atoms with van der Waals surface area (Å²) in [6.45, 7) is 2.74. The number of carbonyl (C=O) groups excluding carboxylic acids is 1. The lowest BCUT2D eigenvalue weighted by molar-refractivity contribution is 0.0788. The van der Waals surface area contributed by atoms with Gasteiger partial charge in [-0.05, 0) is 12.5 Å². The van der Waals surface area contributed by atoms with Crippen molar-refractivity contribution >= 4 is 11.7 Å². The Morgan fingerprint density at radius 2 is 2.22 bits per heavy atom. The molecule has 0 saturated heterocycles. The lowest BCUT2D eigenvalue weighted by atomic mass is 10.2. The van der Waals surface area contributed by atoms with Crippen LogP contribution in [0.1, 0.15) is 36.5 Å². The summed E-state index contributed by atoms with van der Waals surface area (Å²) in [4.78, 5) is 17.4. The zero-order valence-electron chi connectivity index (χ0n) is 11.2. The summed E-state index contributed by atoms with van der Waals surface area (Å²) < 4.78 is 13.9. The zero-order chi connectivity index (χ0) is 13.5. The number of unbranched alkanes of at least 4 members (excludes halogenated alkanes) is 2. The Hall–Kier alpha value is -1.65. The number of carbonyl (C=O) groups is 1. The zero-order valence-corrected chi connectivity index (χ0v) is 11.2. The van der Waals surface area contributed by atoms with Crippen LogP contribution in [0, 0.1) is 5.82 Å². The van der Waals surface area contributed by atoms with E-state index >= 15 is 0 Å². The van der Waals surface area contributed by atoms with Crippen molar-refractivity contribution in [2.75, 3.05) is 26.0 Å². The third-order valence-electron chi connectivity index (χ3n) is 2.80. The molecular formula is C13H20FN3O. The lowest BCUT2D eigenvalue weighted by Crippen LogP contribution is -2.28. The highest BCUT2D eigenvalue weighted by Gasteiger charge is 2.18. The summed E-state index contributed by atoms with van der Waals surface area (Å²) in [5, 5.41) is 2.62. The van der Waals surface area contributed by atoms with Crippen molar-refractivity contribution in [1.82, 2.24) is 9.88 Å². The fraction of sp³-hybridized carbons (Fsp3) is 0.538. The second kappa shape index (κ2) is 6.93. The maximum absolute atomic E-state index is 13.9. The van der Waals surface area contributed by atoms with Gasteiger partial charge in [0.1, 0.15) is 0 Å². The highest BCUT2D eigenvalue weighted by Crippen LogP contribution is 2.16. The highest BCUT2D eigenvalue weighted by molar-refractivity contribution is 5.95. The van der Waals surface area contributed by atoms with Crippen molar-refractivity contribution < 1.29 is 9.18 Å². The Morgan fingerprint density at radius 1 is 1.50 bits per heavy atom. The molecule has 0 radical (unpaired) electrons. The molecule has 0 aliphatic carbocycles. The van der Waals surface area contributed by atoms with E-state index in [4.69, 9.17) is 0 Å². The van der Waals surface area contributed by atoms with Crippen LogP contribution >= 0.6 is 0 Å². The summed E-state index contributed by atoms with van der Waals surface area (Å²) in [5.41, 5.74) is 0.0633. The molecule has 1 aromatic heterocycles. The van der Waals surface area contributed by atoms with E-state index < -0.39 is 5.82 Å². The molecule has 0 unspecified atom stereocenters. The third kappa shape index (κ3) is 3.42. The number of anilines is 1. The molecule has 1 heterocycles. The second-order valence-corrected chi connectivity index (χ2v) is 4.20. The number of nitrogens with one attached hydrogen (secondary N) is 1. The average Bonchev–Trinajstić information content (AvgIpc) is 2.38. The van der Waals surface area contributed by atoms with Crippen LogP contribution in [0.3, 0.4) is 0 Å². The van der Waals surface area contributed by atoms with Gasteiger partial charge in [-0.25, -0.2) is 9.37 Å². The molecule has 0 fully saturated rings. The first kappa shape index (κ1) is 14.4. The van der Waals surface area contributed by atoms with Crippen molar-refractivity contribution in [3.8, 4) is 0 Å². The molecule has 4 nitrogen and oxygen atoms in total. The summed E-state index contributed by atoms with van der Waals surface area (Å²) >= 11 is 0. The topological polar surface area (TPSA) is 45.2 Å². The molecule has 0 spiro atoms. The first-order valence-corrected chi connectivity index (χ1v) is 6.19. The first-order valence-electron chi connectivity index (χ1n) is 6.19. The predicted octanol–water partition coefficient (Wildman–Crippen LogP) is 2.52. The number of amides is 1. The minimum Gasteiger partial charge on any atom is -0.371 e. The fourth-order valence-electron chi connectivity index (χ4n) is 1.69. The third-order valence-corrected chi connectivity index (χ3v) is 2.80. The van der Waals surface area contributed by atoms with Gasteiger partial charge in [-0.1, -0.05) is 19.8 Å². The minimum atomic E-state index is -0.590. The Labute approximate surface area is 107 Å². The van der Waals surface area contributed by atoms with Crippen LogP contribution in [0.4, 0.5) is 10.2 Å². The lowest BCUT2D eigenvalue weighted by Gasteiger charge is -2.17. The molecule has 0 aromatic carbocycles. The monoisotopic (exact) mass is 253 g/mol. The van der Waals surface area contributed by atoms with Crippen LogP contribution in [0.2, 0.25) is 0 Å². The van der Waals surface area contributed by atoms with E-state index in [0.29, 0.717) is 6.54 Å². The van der Waals surface area contributed by atoms with Crippen LogP contribution < -0.4 is 5.32 Å². The van der Waals surface area contributed by atoms with Crippen molar-refractivity contribution in [2.45, 2.75) is 26.2 Å². The van der Waals surface area contributed by atoms with E-state index in [0.717, 1.165) is 19.3 Å². The summed E-state index contributed by atoms with van der Waals surface area (Å²) in [5.74, 6) is -0.794. The number of pyridine rings is 1. The Kier molecular flexibility index (Phi) is 5.55. The van der Waals surface area contributed by atoms with Crippen molar-refractivity contribution in [2.24, 2.45) is 0 Å². The smallest absolute Gasteiger partial charge is 0.256 e. The van der Waals surface area contributed by atoms with E-state index in [2.05, 4.69) is 17.2 Å². The van der Waals surface area contributed by atoms with E-state index in [1.807, 2.05) is 0 Å². The van der Waals surface area contributed by atoms with Crippen molar-refractivity contribution in [1.29, 1.82) is 0 Å². The van der Waals surface area contributed by atoms with Gasteiger partial charge >= 0.3 is 0 Å². The fourth-order valence-corrected chi connectivity index (χ4v) is 1.69. The number of aromatic nitrogens is 1. The van der Waals surface area contributed by atoms with Crippen LogP contribution in [-0.2, 0) is 0 Å². The van der Waals surface area contributed by atoms with Crippen LogP contribution in [-0.4, -0.2) is 36.4 Å². The first-order chi connectivity index (χ1) is 8.61. The molecule has 18 heavy (non-hydrogen) atoms. The molecular weight excluding hydrogens is 233 g/mol. The quantitative estimate of drug-likeness (QED) is 0.792. The molecule has 5 heteroatoms. The SMILES string of the molecule is CCCCCN(C)C(=O)c1ccnc(NC)c1F. The molecule has 0 atom stereocenters. The Bertz CT molecular complexity index is 409. The van der Waals surface area contributed by atoms with Gasteiger partial charge < -0.3 is 10.2 Å². The number of hydrogen-bond donors (Lipinski definition) is 1. The molecule has 1 rings (SSSR count). The number of rotatable bonds is 6. The minimum absolute atomic E-state index is 0.0633. The molecule has 1 aromatic rings. The van der Waals surface area contributed by atoms with Gasteiger partial charge in [0, 0.05) is 26.8 Å². The van der Waals surface area contributed by atoms with Crippen LogP contribution in [0.5, 0.6) is 0 Å². The van der Waals surface area contributed by atoms with Gasteiger partial charge in [0.05, 0.1) is 5.56 Å². The average molecular weight is 253 g/mol. The largest absolute Gasteiger partial charge is 0.371 e. The van der Waals surface area contributed by atoms with Gasteiger partial charge in [0.15, 0.2) is 11.6 Å². The van der Waals surface area contributed by atoms with Crippen molar-refractivity contribution in [3.63, 3.8) is 0 Å². The van der Waals surface area contributed by atoms with Gasteiger partial charge in [0.2, 0.25) is 0 Å². The van der Waals surface area contributed by atoms with Gasteiger partial charge in [0.25, 0.3) is 5.91 Å². The molecule has 0 aliphatic heterocycles. The number of nitrogens with zero attached hydrogens (tertiary/aromatic N) is 2.